The SMILES string of the molecule is O=C1CN(C(=O)c2cnn3ccncc23)CCN1Cc1ccc(Cl)cc1. The molecule has 0 unspecified atom stereocenters. The molecule has 1 aliphatic heterocycles. The summed E-state index contributed by atoms with van der Waals surface area (Å²) >= 11 is 5.89. The maximum absolute atomic E-state index is 12.8. The van der Waals surface area contributed by atoms with E-state index in [1.165, 1.54) is 6.20 Å². The van der Waals surface area contributed by atoms with Gasteiger partial charge in [0.2, 0.25) is 5.91 Å². The summed E-state index contributed by atoms with van der Waals surface area (Å²) in [5.74, 6) is -0.276. The summed E-state index contributed by atoms with van der Waals surface area (Å²) in [6.45, 7) is 1.54. The van der Waals surface area contributed by atoms with Crippen LogP contribution >= 0.6 is 11.6 Å². The highest BCUT2D eigenvalue weighted by molar-refractivity contribution is 6.30. The topological polar surface area (TPSA) is 70.8 Å². The fourth-order valence-corrected chi connectivity index (χ4v) is 3.15. The highest BCUT2D eigenvalue weighted by Gasteiger charge is 2.29. The van der Waals surface area contributed by atoms with Crippen LogP contribution in [0.25, 0.3) is 5.52 Å². The Kier molecular flexibility index (Phi) is 4.30. The minimum absolute atomic E-state index is 0.0595. The van der Waals surface area contributed by atoms with Crippen LogP contribution in [0.15, 0.2) is 49.1 Å². The second-order valence-corrected chi connectivity index (χ2v) is 6.57. The molecule has 3 aromatic rings. The summed E-state index contributed by atoms with van der Waals surface area (Å²) in [6.07, 6.45) is 6.40. The van der Waals surface area contributed by atoms with Crippen LogP contribution in [0.5, 0.6) is 0 Å². The van der Waals surface area contributed by atoms with Gasteiger partial charge in [-0.15, -0.1) is 0 Å². The fourth-order valence-electron chi connectivity index (χ4n) is 3.03. The molecule has 0 saturated carbocycles. The van der Waals surface area contributed by atoms with E-state index in [9.17, 15) is 9.59 Å². The number of piperazine rings is 1. The minimum Gasteiger partial charge on any atom is -0.335 e. The molecule has 1 fully saturated rings. The van der Waals surface area contributed by atoms with Gasteiger partial charge in [0.05, 0.1) is 23.5 Å². The molecule has 0 bridgehead atoms. The third-order valence-electron chi connectivity index (χ3n) is 4.45. The molecule has 2 aromatic heterocycles. The van der Waals surface area contributed by atoms with E-state index in [1.54, 1.807) is 45.0 Å². The zero-order valence-corrected chi connectivity index (χ0v) is 14.6. The second kappa shape index (κ2) is 6.76. The third kappa shape index (κ3) is 3.13. The van der Waals surface area contributed by atoms with E-state index in [0.717, 1.165) is 5.56 Å². The van der Waals surface area contributed by atoms with Gasteiger partial charge >= 0.3 is 0 Å². The molecule has 26 heavy (non-hydrogen) atoms. The third-order valence-corrected chi connectivity index (χ3v) is 4.70. The van der Waals surface area contributed by atoms with Crippen molar-refractivity contribution in [3.63, 3.8) is 0 Å². The maximum Gasteiger partial charge on any atom is 0.258 e. The van der Waals surface area contributed by atoms with Crippen molar-refractivity contribution in [2.45, 2.75) is 6.54 Å². The molecular formula is C18H16ClN5O2. The van der Waals surface area contributed by atoms with E-state index in [0.29, 0.717) is 35.7 Å². The van der Waals surface area contributed by atoms with Gasteiger partial charge in [-0.25, -0.2) is 4.52 Å². The van der Waals surface area contributed by atoms with Gasteiger partial charge in [0.15, 0.2) is 0 Å². The van der Waals surface area contributed by atoms with Crippen LogP contribution in [0.4, 0.5) is 0 Å². The number of carbonyl (C=O) groups is 2. The number of nitrogens with zero attached hydrogens (tertiary/aromatic N) is 5. The molecule has 0 radical (unpaired) electrons. The number of hydrogen-bond acceptors (Lipinski definition) is 4. The van der Waals surface area contributed by atoms with E-state index in [4.69, 9.17) is 11.6 Å². The van der Waals surface area contributed by atoms with E-state index in [1.807, 2.05) is 12.1 Å². The number of benzene rings is 1. The van der Waals surface area contributed by atoms with Gasteiger partial charge in [-0.2, -0.15) is 5.10 Å². The number of amides is 2. The molecule has 0 spiro atoms. The fraction of sp³-hybridized carbons (Fsp3) is 0.222. The lowest BCUT2D eigenvalue weighted by Gasteiger charge is -2.34. The Labute approximate surface area is 154 Å². The van der Waals surface area contributed by atoms with Crippen molar-refractivity contribution in [1.29, 1.82) is 0 Å². The Morgan fingerprint density at radius 1 is 1.15 bits per heavy atom. The van der Waals surface area contributed by atoms with Crippen molar-refractivity contribution in [3.05, 3.63) is 65.2 Å². The van der Waals surface area contributed by atoms with Gasteiger partial charge in [-0.05, 0) is 17.7 Å². The molecule has 2 amide bonds. The van der Waals surface area contributed by atoms with Gasteiger partial charge in [0.1, 0.15) is 6.54 Å². The summed E-state index contributed by atoms with van der Waals surface area (Å²) in [5.41, 5.74) is 2.10. The van der Waals surface area contributed by atoms with Crippen LogP contribution in [-0.2, 0) is 11.3 Å². The Balaban J connectivity index is 1.45. The van der Waals surface area contributed by atoms with E-state index >= 15 is 0 Å². The van der Waals surface area contributed by atoms with Crippen molar-refractivity contribution < 1.29 is 9.59 Å². The Morgan fingerprint density at radius 3 is 2.73 bits per heavy atom. The van der Waals surface area contributed by atoms with Crippen LogP contribution < -0.4 is 0 Å². The highest BCUT2D eigenvalue weighted by Crippen LogP contribution is 2.16. The lowest BCUT2D eigenvalue weighted by molar-refractivity contribution is -0.135. The summed E-state index contributed by atoms with van der Waals surface area (Å²) < 4.78 is 1.60. The molecule has 1 saturated heterocycles. The minimum atomic E-state index is -0.201. The first-order chi connectivity index (χ1) is 12.6. The van der Waals surface area contributed by atoms with Crippen molar-refractivity contribution in [3.8, 4) is 0 Å². The molecule has 1 aliphatic rings. The number of aromatic nitrogens is 3. The molecule has 7 nitrogen and oxygen atoms in total. The lowest BCUT2D eigenvalue weighted by atomic mass is 10.1. The number of fused-ring (bicyclic) bond motifs is 1. The molecule has 0 aliphatic carbocycles. The van der Waals surface area contributed by atoms with Gasteiger partial charge in [0.25, 0.3) is 5.91 Å². The predicted molar refractivity (Wildman–Crippen MR) is 95.8 cm³/mol. The quantitative estimate of drug-likeness (QED) is 0.706. The van der Waals surface area contributed by atoms with Gasteiger partial charge < -0.3 is 9.80 Å². The van der Waals surface area contributed by atoms with Gasteiger partial charge in [-0.3, -0.25) is 14.6 Å². The molecule has 1 aromatic carbocycles. The standard InChI is InChI=1S/C18H16ClN5O2/c19-14-3-1-13(2-4-14)11-22-7-8-23(12-17(22)25)18(26)15-9-21-24-6-5-20-10-16(15)24/h1-6,9-10H,7-8,11-12H2. The predicted octanol–water partition coefficient (Wildman–Crippen LogP) is 1.87. The Bertz CT molecular complexity index is 969. The zero-order valence-electron chi connectivity index (χ0n) is 13.9. The van der Waals surface area contributed by atoms with Crippen LogP contribution in [0.3, 0.4) is 0 Å². The van der Waals surface area contributed by atoms with E-state index < -0.39 is 0 Å². The van der Waals surface area contributed by atoms with Crippen molar-refractivity contribution >= 4 is 28.9 Å². The molecule has 4 rings (SSSR count). The van der Waals surface area contributed by atoms with Gasteiger partial charge in [0, 0.05) is 37.1 Å². The van der Waals surface area contributed by atoms with Crippen molar-refractivity contribution in [2.75, 3.05) is 19.6 Å². The summed E-state index contributed by atoms with van der Waals surface area (Å²) in [7, 11) is 0. The summed E-state index contributed by atoms with van der Waals surface area (Å²) in [6, 6.07) is 7.42. The average molecular weight is 370 g/mol. The lowest BCUT2D eigenvalue weighted by Crippen LogP contribution is -2.51. The number of rotatable bonds is 3. The number of carbonyl (C=O) groups excluding carboxylic acids is 2. The Morgan fingerprint density at radius 2 is 1.96 bits per heavy atom. The molecular weight excluding hydrogens is 354 g/mol. The molecule has 132 valence electrons. The Hall–Kier alpha value is -2.93. The normalized spacial score (nSPS) is 14.9. The first-order valence-electron chi connectivity index (χ1n) is 8.20. The summed E-state index contributed by atoms with van der Waals surface area (Å²) in [4.78, 5) is 32.6. The molecule has 0 atom stereocenters. The summed E-state index contributed by atoms with van der Waals surface area (Å²) in [5, 5.41) is 4.82. The molecule has 8 heteroatoms. The highest BCUT2D eigenvalue weighted by atomic mass is 35.5. The van der Waals surface area contributed by atoms with E-state index in [2.05, 4.69) is 10.1 Å². The van der Waals surface area contributed by atoms with Gasteiger partial charge in [-0.1, -0.05) is 23.7 Å². The van der Waals surface area contributed by atoms with Crippen molar-refractivity contribution in [2.24, 2.45) is 0 Å². The van der Waals surface area contributed by atoms with Crippen LogP contribution in [-0.4, -0.2) is 55.8 Å². The average Bonchev–Trinajstić information content (AvgIpc) is 3.08. The maximum atomic E-state index is 12.8. The van der Waals surface area contributed by atoms with Crippen LogP contribution in [0, 0.1) is 0 Å². The molecule has 0 N–H and O–H groups in total. The van der Waals surface area contributed by atoms with Crippen LogP contribution in [0.2, 0.25) is 5.02 Å². The zero-order chi connectivity index (χ0) is 18.1. The smallest absolute Gasteiger partial charge is 0.258 e. The first kappa shape index (κ1) is 16.5. The number of halogens is 1. The number of hydrogen-bond donors (Lipinski definition) is 0. The molecule has 3 heterocycles. The largest absolute Gasteiger partial charge is 0.335 e. The monoisotopic (exact) mass is 369 g/mol. The second-order valence-electron chi connectivity index (χ2n) is 6.13. The van der Waals surface area contributed by atoms with Crippen molar-refractivity contribution in [1.82, 2.24) is 24.4 Å². The van der Waals surface area contributed by atoms with E-state index in [-0.39, 0.29) is 18.4 Å². The first-order valence-corrected chi connectivity index (χ1v) is 8.58. The van der Waals surface area contributed by atoms with Crippen LogP contribution in [0.1, 0.15) is 15.9 Å².